The number of halogens is 1. The molecule has 3 rings (SSSR count). The normalized spacial score (nSPS) is 33.8. The second-order valence-electron chi connectivity index (χ2n) is 6.04. The number of aliphatic hydroxyl groups excluding tert-OH is 1. The van der Waals surface area contributed by atoms with E-state index in [4.69, 9.17) is 4.74 Å². The van der Waals surface area contributed by atoms with Gasteiger partial charge >= 0.3 is 0 Å². The molecule has 1 aromatic rings. The van der Waals surface area contributed by atoms with Crippen LogP contribution in [-0.4, -0.2) is 10.7 Å². The van der Waals surface area contributed by atoms with Crippen molar-refractivity contribution in [3.8, 4) is 5.75 Å². The van der Waals surface area contributed by atoms with Crippen LogP contribution in [0.2, 0.25) is 0 Å². The van der Waals surface area contributed by atoms with E-state index in [1.54, 1.807) is 0 Å². The van der Waals surface area contributed by atoms with Gasteiger partial charge in [0.2, 0.25) is 0 Å². The summed E-state index contributed by atoms with van der Waals surface area (Å²) in [6.07, 6.45) is 6.24. The second kappa shape index (κ2) is 5.10. The lowest BCUT2D eigenvalue weighted by Gasteiger charge is -2.45. The Morgan fingerprint density at radius 2 is 2.11 bits per heavy atom. The average molecular weight is 325 g/mol. The first-order valence-corrected chi connectivity index (χ1v) is 8.08. The molecule has 104 valence electrons. The Morgan fingerprint density at radius 1 is 1.37 bits per heavy atom. The van der Waals surface area contributed by atoms with Crippen molar-refractivity contribution in [1.29, 1.82) is 0 Å². The smallest absolute Gasteiger partial charge is 0.126 e. The Morgan fingerprint density at radius 3 is 2.79 bits per heavy atom. The number of hydrogen-bond donors (Lipinski definition) is 1. The summed E-state index contributed by atoms with van der Waals surface area (Å²) in [5, 5.41) is 10.4. The largest absolute Gasteiger partial charge is 0.487 e. The lowest BCUT2D eigenvalue weighted by molar-refractivity contribution is -0.0470. The molecule has 1 aliphatic heterocycles. The number of rotatable bonds is 1. The Balaban J connectivity index is 1.83. The second-order valence-corrected chi connectivity index (χ2v) is 6.95. The zero-order valence-corrected chi connectivity index (χ0v) is 12.9. The molecule has 0 bridgehead atoms. The predicted octanol–water partition coefficient (Wildman–Crippen LogP) is 4.60. The number of hydrogen-bond acceptors (Lipinski definition) is 2. The topological polar surface area (TPSA) is 29.5 Å². The maximum Gasteiger partial charge on any atom is 0.126 e. The van der Waals surface area contributed by atoms with E-state index in [1.807, 2.05) is 18.2 Å². The molecule has 2 nitrogen and oxygen atoms in total. The van der Waals surface area contributed by atoms with Crippen LogP contribution in [0, 0.1) is 5.92 Å². The van der Waals surface area contributed by atoms with Crippen molar-refractivity contribution < 1.29 is 9.84 Å². The first-order chi connectivity index (χ1) is 9.12. The van der Waals surface area contributed by atoms with Crippen LogP contribution < -0.4 is 4.74 Å². The van der Waals surface area contributed by atoms with Crippen LogP contribution in [-0.2, 0) is 0 Å². The van der Waals surface area contributed by atoms with Gasteiger partial charge in [-0.05, 0) is 49.8 Å². The number of ether oxygens (including phenoxy) is 1. The third-order valence-electron chi connectivity index (χ3n) is 4.82. The molecular formula is C16H21BrO2. The van der Waals surface area contributed by atoms with Crippen molar-refractivity contribution in [1.82, 2.24) is 0 Å². The standard InChI is InChI=1S/C16H21BrO2/c1-2-11-5-7-16(8-6-11)10-14(18)13-9-12(17)3-4-15(13)19-16/h3-4,9,11,14,18H,2,5-8,10H2,1H3. The van der Waals surface area contributed by atoms with E-state index in [2.05, 4.69) is 22.9 Å². The van der Waals surface area contributed by atoms with Crippen LogP contribution in [0.4, 0.5) is 0 Å². The average Bonchev–Trinajstić information content (AvgIpc) is 2.41. The minimum absolute atomic E-state index is 0.119. The lowest BCUT2D eigenvalue weighted by Crippen LogP contribution is -2.44. The summed E-state index contributed by atoms with van der Waals surface area (Å²) in [6, 6.07) is 5.95. The Hall–Kier alpha value is -0.540. The Kier molecular flexibility index (Phi) is 3.61. The number of benzene rings is 1. The molecule has 2 aliphatic rings. The van der Waals surface area contributed by atoms with Crippen LogP contribution in [0.5, 0.6) is 5.75 Å². The molecular weight excluding hydrogens is 304 g/mol. The minimum atomic E-state index is -0.389. The summed E-state index contributed by atoms with van der Waals surface area (Å²) in [4.78, 5) is 0. The summed E-state index contributed by atoms with van der Waals surface area (Å²) >= 11 is 3.46. The van der Waals surface area contributed by atoms with E-state index in [0.717, 1.165) is 41.0 Å². The van der Waals surface area contributed by atoms with Gasteiger partial charge in [-0.3, -0.25) is 0 Å². The molecule has 1 aromatic carbocycles. The van der Waals surface area contributed by atoms with Gasteiger partial charge in [-0.1, -0.05) is 29.3 Å². The molecule has 1 spiro atoms. The van der Waals surface area contributed by atoms with Crippen LogP contribution in [0.3, 0.4) is 0 Å². The van der Waals surface area contributed by atoms with Gasteiger partial charge in [0.05, 0.1) is 6.10 Å². The van der Waals surface area contributed by atoms with Gasteiger partial charge in [0.1, 0.15) is 11.4 Å². The summed E-state index contributed by atoms with van der Waals surface area (Å²) in [7, 11) is 0. The van der Waals surface area contributed by atoms with Crippen molar-refractivity contribution >= 4 is 15.9 Å². The fourth-order valence-corrected chi connectivity index (χ4v) is 3.91. The molecule has 0 saturated heterocycles. The van der Waals surface area contributed by atoms with Crippen molar-refractivity contribution in [2.75, 3.05) is 0 Å². The first kappa shape index (κ1) is 13.4. The molecule has 3 heteroatoms. The third kappa shape index (κ3) is 2.55. The van der Waals surface area contributed by atoms with E-state index < -0.39 is 0 Å². The quantitative estimate of drug-likeness (QED) is 0.817. The molecule has 1 fully saturated rings. The molecule has 1 unspecified atom stereocenters. The molecule has 1 aliphatic carbocycles. The maximum atomic E-state index is 10.4. The molecule has 1 atom stereocenters. The van der Waals surface area contributed by atoms with Crippen LogP contribution >= 0.6 is 15.9 Å². The van der Waals surface area contributed by atoms with Gasteiger partial charge in [0, 0.05) is 16.5 Å². The fraction of sp³-hybridized carbons (Fsp3) is 0.625. The highest BCUT2D eigenvalue weighted by Crippen LogP contribution is 2.47. The molecule has 1 saturated carbocycles. The third-order valence-corrected chi connectivity index (χ3v) is 5.31. The predicted molar refractivity (Wildman–Crippen MR) is 79.3 cm³/mol. The van der Waals surface area contributed by atoms with Gasteiger partial charge in [0.15, 0.2) is 0 Å². The first-order valence-electron chi connectivity index (χ1n) is 7.28. The van der Waals surface area contributed by atoms with Gasteiger partial charge < -0.3 is 9.84 Å². The molecule has 0 amide bonds. The Labute approximate surface area is 123 Å². The van der Waals surface area contributed by atoms with E-state index in [9.17, 15) is 5.11 Å². The highest BCUT2D eigenvalue weighted by molar-refractivity contribution is 9.10. The zero-order valence-electron chi connectivity index (χ0n) is 11.4. The van der Waals surface area contributed by atoms with Gasteiger partial charge in [-0.15, -0.1) is 0 Å². The SMILES string of the molecule is CCC1CCC2(CC1)CC(O)c1cc(Br)ccc1O2. The number of fused-ring (bicyclic) bond motifs is 1. The number of aliphatic hydroxyl groups is 1. The van der Waals surface area contributed by atoms with Crippen LogP contribution in [0.1, 0.15) is 57.1 Å². The van der Waals surface area contributed by atoms with Crippen LogP contribution in [0.25, 0.3) is 0 Å². The van der Waals surface area contributed by atoms with Gasteiger partial charge in [0.25, 0.3) is 0 Å². The monoisotopic (exact) mass is 324 g/mol. The molecule has 1 heterocycles. The minimum Gasteiger partial charge on any atom is -0.487 e. The van der Waals surface area contributed by atoms with Crippen molar-refractivity contribution in [3.05, 3.63) is 28.2 Å². The van der Waals surface area contributed by atoms with Crippen LogP contribution in [0.15, 0.2) is 22.7 Å². The highest BCUT2D eigenvalue weighted by Gasteiger charge is 2.42. The highest BCUT2D eigenvalue weighted by atomic mass is 79.9. The van der Waals surface area contributed by atoms with Crippen molar-refractivity contribution in [2.24, 2.45) is 5.92 Å². The van der Waals surface area contributed by atoms with E-state index in [1.165, 1.54) is 19.3 Å². The molecule has 0 aromatic heterocycles. The summed E-state index contributed by atoms with van der Waals surface area (Å²) < 4.78 is 7.30. The maximum absolute atomic E-state index is 10.4. The van der Waals surface area contributed by atoms with Crippen molar-refractivity contribution in [3.63, 3.8) is 0 Å². The van der Waals surface area contributed by atoms with Gasteiger partial charge in [-0.2, -0.15) is 0 Å². The fourth-order valence-electron chi connectivity index (χ4n) is 3.53. The van der Waals surface area contributed by atoms with E-state index in [0.29, 0.717) is 0 Å². The molecule has 0 radical (unpaired) electrons. The Bertz CT molecular complexity index is 464. The summed E-state index contributed by atoms with van der Waals surface area (Å²) in [5.41, 5.74) is 0.809. The summed E-state index contributed by atoms with van der Waals surface area (Å²) in [5.74, 6) is 1.72. The molecule has 1 N–H and O–H groups in total. The van der Waals surface area contributed by atoms with E-state index >= 15 is 0 Å². The van der Waals surface area contributed by atoms with E-state index in [-0.39, 0.29) is 11.7 Å². The zero-order chi connectivity index (χ0) is 13.5. The lowest BCUT2D eigenvalue weighted by atomic mass is 9.73. The molecule has 19 heavy (non-hydrogen) atoms. The summed E-state index contributed by atoms with van der Waals surface area (Å²) in [6.45, 7) is 2.27. The van der Waals surface area contributed by atoms with Crippen molar-refractivity contribution in [2.45, 2.75) is 57.2 Å². The van der Waals surface area contributed by atoms with Gasteiger partial charge in [-0.25, -0.2) is 0 Å².